The first-order valence-electron chi connectivity index (χ1n) is 10.0. The van der Waals surface area contributed by atoms with Crippen LogP contribution < -0.4 is 15.0 Å². The third-order valence-corrected chi connectivity index (χ3v) is 4.97. The molecule has 0 bridgehead atoms. The summed E-state index contributed by atoms with van der Waals surface area (Å²) in [6, 6.07) is 3.08. The molecule has 1 aliphatic heterocycles. The van der Waals surface area contributed by atoms with Gasteiger partial charge in [0.15, 0.2) is 17.4 Å². The molecule has 8 nitrogen and oxygen atoms in total. The lowest BCUT2D eigenvalue weighted by Crippen LogP contribution is -2.38. The Balaban J connectivity index is 1.65. The minimum atomic E-state index is -0.645. The van der Waals surface area contributed by atoms with Crippen LogP contribution in [-0.4, -0.2) is 52.7 Å². The van der Waals surface area contributed by atoms with Gasteiger partial charge < -0.3 is 19.7 Å². The minimum Gasteiger partial charge on any atom is -0.486 e. The highest BCUT2D eigenvalue weighted by atomic mass is 19.1. The monoisotopic (exact) mass is 430 g/mol. The molecule has 2 aromatic heterocycles. The Labute approximate surface area is 178 Å². The summed E-state index contributed by atoms with van der Waals surface area (Å²) in [5, 5.41) is 7.21. The Bertz CT molecular complexity index is 1070. The summed E-state index contributed by atoms with van der Waals surface area (Å²) in [5.41, 5.74) is 1.54. The number of aromatic nitrogens is 4. The fraction of sp³-hybridized carbons (Fsp3) is 0.381. The number of halogens is 2. The van der Waals surface area contributed by atoms with Gasteiger partial charge in [-0.25, -0.2) is 18.7 Å². The molecule has 1 aliphatic rings. The van der Waals surface area contributed by atoms with Gasteiger partial charge in [0.05, 0.1) is 43.5 Å². The molecule has 0 spiro atoms. The van der Waals surface area contributed by atoms with E-state index in [9.17, 15) is 8.78 Å². The third-order valence-electron chi connectivity index (χ3n) is 4.97. The summed E-state index contributed by atoms with van der Waals surface area (Å²) >= 11 is 0. The van der Waals surface area contributed by atoms with Crippen molar-refractivity contribution in [3.05, 3.63) is 42.4 Å². The van der Waals surface area contributed by atoms with E-state index in [1.54, 1.807) is 30.3 Å². The van der Waals surface area contributed by atoms with Crippen LogP contribution in [0.25, 0.3) is 11.3 Å². The van der Waals surface area contributed by atoms with E-state index in [2.05, 4.69) is 20.4 Å². The lowest BCUT2D eigenvalue weighted by Gasteiger charge is -2.34. The Morgan fingerprint density at radius 3 is 2.84 bits per heavy atom. The van der Waals surface area contributed by atoms with E-state index >= 15 is 0 Å². The fourth-order valence-electron chi connectivity index (χ4n) is 3.47. The molecule has 164 valence electrons. The molecule has 0 saturated carbocycles. The van der Waals surface area contributed by atoms with Crippen molar-refractivity contribution in [3.8, 4) is 17.0 Å². The Morgan fingerprint density at radius 2 is 2.06 bits per heavy atom. The van der Waals surface area contributed by atoms with Crippen LogP contribution in [0.2, 0.25) is 0 Å². The van der Waals surface area contributed by atoms with Gasteiger partial charge in [-0.15, -0.1) is 0 Å². The molecule has 3 heterocycles. The maximum atomic E-state index is 14.8. The van der Waals surface area contributed by atoms with Crippen molar-refractivity contribution in [1.82, 2.24) is 19.7 Å². The quantitative estimate of drug-likeness (QED) is 0.614. The number of methoxy groups -OCH3 is 1. The Morgan fingerprint density at radius 1 is 1.23 bits per heavy atom. The van der Waals surface area contributed by atoms with Gasteiger partial charge in [-0.05, 0) is 26.0 Å². The summed E-state index contributed by atoms with van der Waals surface area (Å²) in [7, 11) is 1.62. The van der Waals surface area contributed by atoms with Gasteiger partial charge in [0.2, 0.25) is 5.95 Å². The first kappa shape index (κ1) is 21.0. The maximum Gasteiger partial charge on any atom is 0.228 e. The molecular weight excluding hydrogens is 406 g/mol. The summed E-state index contributed by atoms with van der Waals surface area (Å²) in [6.45, 7) is 6.17. The standard InChI is InChI=1S/C21H24F2N6O2/c1-13(2)29-5-7-31-20-16(22)8-14(9-18(20)29)19-17(23)11-24-21(27-19)26-15-10-25-28(12-15)4-6-30-3/h8-13H,4-7H2,1-3H3,(H,24,26,27). The second-order valence-corrected chi connectivity index (χ2v) is 7.44. The van der Waals surface area contributed by atoms with Crippen LogP contribution in [0.5, 0.6) is 5.75 Å². The lowest BCUT2D eigenvalue weighted by molar-refractivity contribution is 0.183. The van der Waals surface area contributed by atoms with Crippen LogP contribution in [0.4, 0.5) is 26.1 Å². The zero-order chi connectivity index (χ0) is 22.0. The van der Waals surface area contributed by atoms with E-state index in [-0.39, 0.29) is 23.4 Å². The first-order chi connectivity index (χ1) is 15.0. The third kappa shape index (κ3) is 4.43. The van der Waals surface area contributed by atoms with Gasteiger partial charge in [-0.2, -0.15) is 5.10 Å². The predicted molar refractivity (Wildman–Crippen MR) is 113 cm³/mol. The molecule has 0 amide bonds. The van der Waals surface area contributed by atoms with Crippen LogP contribution in [0.15, 0.2) is 30.7 Å². The number of nitrogens with one attached hydrogen (secondary N) is 1. The molecule has 0 atom stereocenters. The zero-order valence-corrected chi connectivity index (χ0v) is 17.6. The topological polar surface area (TPSA) is 77.3 Å². The summed E-state index contributed by atoms with van der Waals surface area (Å²) < 4.78 is 41.6. The molecule has 10 heteroatoms. The molecule has 0 unspecified atom stereocenters. The smallest absolute Gasteiger partial charge is 0.228 e. The highest BCUT2D eigenvalue weighted by Gasteiger charge is 2.25. The average Bonchev–Trinajstić information content (AvgIpc) is 3.20. The molecule has 4 rings (SSSR count). The molecule has 1 N–H and O–H groups in total. The van der Waals surface area contributed by atoms with E-state index < -0.39 is 11.6 Å². The van der Waals surface area contributed by atoms with E-state index in [0.717, 1.165) is 6.20 Å². The molecule has 0 radical (unpaired) electrons. The number of nitrogens with zero attached hydrogens (tertiary/aromatic N) is 5. The minimum absolute atomic E-state index is 0.000236. The second kappa shape index (κ2) is 8.84. The van der Waals surface area contributed by atoms with Gasteiger partial charge in [0.1, 0.15) is 12.3 Å². The van der Waals surface area contributed by atoms with Crippen LogP contribution in [0.3, 0.4) is 0 Å². The SMILES string of the molecule is COCCn1cc(Nc2ncc(F)c(-c3cc(F)c4c(c3)N(C(C)C)CCO4)n2)cn1. The average molecular weight is 430 g/mol. The maximum absolute atomic E-state index is 14.8. The highest BCUT2D eigenvalue weighted by Crippen LogP contribution is 2.39. The lowest BCUT2D eigenvalue weighted by atomic mass is 10.1. The normalized spacial score (nSPS) is 13.3. The van der Waals surface area contributed by atoms with Crippen molar-refractivity contribution >= 4 is 17.3 Å². The van der Waals surface area contributed by atoms with Crippen molar-refractivity contribution in [3.63, 3.8) is 0 Å². The van der Waals surface area contributed by atoms with E-state index in [1.165, 1.54) is 6.07 Å². The first-order valence-corrected chi connectivity index (χ1v) is 10.0. The summed E-state index contributed by atoms with van der Waals surface area (Å²) in [6.07, 6.45) is 4.44. The van der Waals surface area contributed by atoms with Gasteiger partial charge in [0, 0.05) is 24.9 Å². The number of fused-ring (bicyclic) bond motifs is 1. The van der Waals surface area contributed by atoms with Crippen molar-refractivity contribution in [2.45, 2.75) is 26.4 Å². The number of benzene rings is 1. The Hall–Kier alpha value is -3.27. The van der Waals surface area contributed by atoms with E-state index in [1.807, 2.05) is 18.7 Å². The number of hydrogen-bond donors (Lipinski definition) is 1. The molecule has 0 saturated heterocycles. The number of anilines is 3. The fourth-order valence-corrected chi connectivity index (χ4v) is 3.47. The molecular formula is C21H24F2N6O2. The molecule has 3 aromatic rings. The van der Waals surface area contributed by atoms with Gasteiger partial charge in [0.25, 0.3) is 0 Å². The molecule has 0 aliphatic carbocycles. The zero-order valence-electron chi connectivity index (χ0n) is 17.6. The number of ether oxygens (including phenoxy) is 2. The van der Waals surface area contributed by atoms with Gasteiger partial charge in [-0.1, -0.05) is 0 Å². The van der Waals surface area contributed by atoms with Crippen LogP contribution in [0, 0.1) is 11.6 Å². The van der Waals surface area contributed by atoms with Crippen molar-refractivity contribution in [2.75, 3.05) is 37.1 Å². The second-order valence-electron chi connectivity index (χ2n) is 7.44. The van der Waals surface area contributed by atoms with Crippen molar-refractivity contribution < 1.29 is 18.3 Å². The predicted octanol–water partition coefficient (Wildman–Crippen LogP) is 3.62. The summed E-state index contributed by atoms with van der Waals surface area (Å²) in [5.74, 6) is -0.837. The highest BCUT2D eigenvalue weighted by molar-refractivity contribution is 5.73. The van der Waals surface area contributed by atoms with Crippen LogP contribution in [0.1, 0.15) is 13.8 Å². The largest absolute Gasteiger partial charge is 0.486 e. The van der Waals surface area contributed by atoms with E-state index in [0.29, 0.717) is 43.2 Å². The van der Waals surface area contributed by atoms with Gasteiger partial charge in [-0.3, -0.25) is 4.68 Å². The summed E-state index contributed by atoms with van der Waals surface area (Å²) in [4.78, 5) is 10.3. The van der Waals surface area contributed by atoms with Crippen molar-refractivity contribution in [1.29, 1.82) is 0 Å². The Kier molecular flexibility index (Phi) is 5.99. The number of hydrogen-bond acceptors (Lipinski definition) is 7. The van der Waals surface area contributed by atoms with Crippen LogP contribution in [-0.2, 0) is 11.3 Å². The van der Waals surface area contributed by atoms with Gasteiger partial charge >= 0.3 is 0 Å². The molecule has 0 fully saturated rings. The van der Waals surface area contributed by atoms with E-state index in [4.69, 9.17) is 9.47 Å². The number of rotatable bonds is 7. The molecule has 1 aromatic carbocycles. The van der Waals surface area contributed by atoms with Crippen molar-refractivity contribution in [2.24, 2.45) is 0 Å². The molecule has 31 heavy (non-hydrogen) atoms. The van der Waals surface area contributed by atoms with Crippen LogP contribution >= 0.6 is 0 Å².